The Kier molecular flexibility index (Phi) is 6.58. The van der Waals surface area contributed by atoms with Gasteiger partial charge in [0.1, 0.15) is 0 Å². The lowest BCUT2D eigenvalue weighted by molar-refractivity contribution is -0.137. The van der Waals surface area contributed by atoms with Crippen molar-refractivity contribution in [3.05, 3.63) is 47.5 Å². The van der Waals surface area contributed by atoms with Crippen molar-refractivity contribution in [3.8, 4) is 0 Å². The SMILES string of the molecule is Cn1c(Nc2nc3ccc(C(F)(F)F)cc3s2)nc2cc(CNCC(=O)N3CCCC(O)C3)ccc21. The van der Waals surface area contributed by atoms with Crippen LogP contribution in [0.25, 0.3) is 21.3 Å². The molecule has 12 heteroatoms. The van der Waals surface area contributed by atoms with E-state index in [0.717, 1.165) is 52.9 Å². The van der Waals surface area contributed by atoms with E-state index in [1.54, 1.807) is 4.90 Å². The summed E-state index contributed by atoms with van der Waals surface area (Å²) in [6, 6.07) is 9.31. The van der Waals surface area contributed by atoms with E-state index in [4.69, 9.17) is 0 Å². The number of benzene rings is 2. The highest BCUT2D eigenvalue weighted by Crippen LogP contribution is 2.35. The second-order valence-electron chi connectivity index (χ2n) is 8.88. The van der Waals surface area contributed by atoms with Crippen LogP contribution in [0.15, 0.2) is 36.4 Å². The number of nitrogens with one attached hydrogen (secondary N) is 2. The Morgan fingerprint density at radius 1 is 1.19 bits per heavy atom. The fraction of sp³-hybridized carbons (Fsp3) is 0.375. The minimum Gasteiger partial charge on any atom is -0.391 e. The molecule has 0 spiro atoms. The summed E-state index contributed by atoms with van der Waals surface area (Å²) in [6.45, 7) is 1.73. The lowest BCUT2D eigenvalue weighted by Gasteiger charge is -2.30. The Balaban J connectivity index is 1.26. The number of anilines is 2. The second-order valence-corrected chi connectivity index (χ2v) is 9.91. The van der Waals surface area contributed by atoms with Crippen molar-refractivity contribution in [2.24, 2.45) is 7.05 Å². The van der Waals surface area contributed by atoms with Gasteiger partial charge in [0.2, 0.25) is 11.9 Å². The number of aliphatic hydroxyl groups excluding tert-OH is 1. The van der Waals surface area contributed by atoms with Gasteiger partial charge in [0, 0.05) is 26.7 Å². The lowest BCUT2D eigenvalue weighted by Crippen LogP contribution is -2.45. The molecule has 5 rings (SSSR count). The number of hydrogen-bond acceptors (Lipinski definition) is 7. The number of amides is 1. The summed E-state index contributed by atoms with van der Waals surface area (Å²) in [5.41, 5.74) is 2.35. The number of rotatable bonds is 6. The molecule has 1 saturated heterocycles. The van der Waals surface area contributed by atoms with Gasteiger partial charge in [-0.05, 0) is 48.7 Å². The van der Waals surface area contributed by atoms with Crippen LogP contribution >= 0.6 is 11.3 Å². The van der Waals surface area contributed by atoms with E-state index in [1.165, 1.54) is 6.07 Å². The number of likely N-dealkylation sites (tertiary alicyclic amines) is 1. The minimum atomic E-state index is -4.40. The number of β-amino-alcohol motifs (C(OH)–C–C–N with tert-alkyl or cyclic N) is 1. The Bertz CT molecular complexity index is 1420. The van der Waals surface area contributed by atoms with Gasteiger partial charge in [-0.15, -0.1) is 0 Å². The molecule has 2 aromatic carbocycles. The van der Waals surface area contributed by atoms with Crippen molar-refractivity contribution >= 4 is 49.6 Å². The normalized spacial score (nSPS) is 16.7. The number of imidazole rings is 1. The minimum absolute atomic E-state index is 0.0302. The second kappa shape index (κ2) is 9.68. The first-order valence-electron chi connectivity index (χ1n) is 11.5. The number of alkyl halides is 3. The number of aliphatic hydroxyl groups is 1. The molecule has 0 radical (unpaired) electrons. The van der Waals surface area contributed by atoms with Gasteiger partial charge in [-0.1, -0.05) is 17.4 Å². The number of aromatic nitrogens is 3. The Morgan fingerprint density at radius 2 is 2.03 bits per heavy atom. The third-order valence-corrected chi connectivity index (χ3v) is 7.17. The van der Waals surface area contributed by atoms with Crippen molar-refractivity contribution in [3.63, 3.8) is 0 Å². The molecule has 0 bridgehead atoms. The van der Waals surface area contributed by atoms with Crippen LogP contribution in [-0.2, 0) is 24.6 Å². The third-order valence-electron chi connectivity index (χ3n) is 6.23. The number of nitrogens with zero attached hydrogens (tertiary/aromatic N) is 4. The maximum absolute atomic E-state index is 13.0. The van der Waals surface area contributed by atoms with Crippen LogP contribution in [0, 0.1) is 0 Å². The molecule has 4 aromatic rings. The highest BCUT2D eigenvalue weighted by atomic mass is 32.1. The number of aryl methyl sites for hydroxylation is 1. The number of piperidine rings is 1. The number of carbonyl (C=O) groups excluding carboxylic acids is 1. The largest absolute Gasteiger partial charge is 0.416 e. The topological polar surface area (TPSA) is 95.3 Å². The van der Waals surface area contributed by atoms with E-state index in [0.29, 0.717) is 40.9 Å². The average Bonchev–Trinajstić information content (AvgIpc) is 3.38. The van der Waals surface area contributed by atoms with Crippen molar-refractivity contribution in [1.29, 1.82) is 0 Å². The van der Waals surface area contributed by atoms with E-state index in [-0.39, 0.29) is 12.5 Å². The van der Waals surface area contributed by atoms with Crippen molar-refractivity contribution < 1.29 is 23.1 Å². The Hall–Kier alpha value is -3.22. The predicted octanol–water partition coefficient (Wildman–Crippen LogP) is 4.02. The molecule has 1 aliphatic rings. The van der Waals surface area contributed by atoms with Crippen LogP contribution in [0.2, 0.25) is 0 Å². The standard InChI is InChI=1S/C24H25F3N6O2S/c1-32-19-7-4-14(11-28-12-21(35)33-8-2-3-16(34)13-33)9-18(19)29-22(32)31-23-30-17-6-5-15(24(25,26)27)10-20(17)36-23/h4-7,9-10,16,28,34H,2-3,8,11-13H2,1H3,(H,29,30,31). The zero-order valence-electron chi connectivity index (χ0n) is 19.5. The Morgan fingerprint density at radius 3 is 2.81 bits per heavy atom. The van der Waals surface area contributed by atoms with Gasteiger partial charge in [-0.25, -0.2) is 9.97 Å². The molecular weight excluding hydrogens is 493 g/mol. The van der Waals surface area contributed by atoms with Crippen molar-refractivity contribution in [1.82, 2.24) is 24.8 Å². The van der Waals surface area contributed by atoms with Crippen molar-refractivity contribution in [2.45, 2.75) is 31.7 Å². The van der Waals surface area contributed by atoms with Crippen LogP contribution in [0.1, 0.15) is 24.0 Å². The van der Waals surface area contributed by atoms with Crippen LogP contribution in [-0.4, -0.2) is 56.2 Å². The summed E-state index contributed by atoms with van der Waals surface area (Å²) in [7, 11) is 1.84. The quantitative estimate of drug-likeness (QED) is 0.357. The molecule has 1 unspecified atom stereocenters. The zero-order chi connectivity index (χ0) is 25.4. The van der Waals surface area contributed by atoms with Gasteiger partial charge >= 0.3 is 6.18 Å². The molecule has 3 heterocycles. The highest BCUT2D eigenvalue weighted by Gasteiger charge is 2.30. The van der Waals surface area contributed by atoms with E-state index < -0.39 is 17.8 Å². The monoisotopic (exact) mass is 518 g/mol. The van der Waals surface area contributed by atoms with E-state index >= 15 is 0 Å². The van der Waals surface area contributed by atoms with Gasteiger partial charge in [-0.2, -0.15) is 13.2 Å². The number of hydrogen-bond donors (Lipinski definition) is 3. The maximum Gasteiger partial charge on any atom is 0.416 e. The molecule has 1 amide bonds. The molecule has 1 fully saturated rings. The van der Waals surface area contributed by atoms with Gasteiger partial charge in [0.05, 0.1) is 39.5 Å². The van der Waals surface area contributed by atoms with Gasteiger partial charge in [0.15, 0.2) is 5.13 Å². The fourth-order valence-electron chi connectivity index (χ4n) is 4.32. The van der Waals surface area contributed by atoms with Crippen LogP contribution in [0.3, 0.4) is 0 Å². The first-order valence-corrected chi connectivity index (χ1v) is 12.4. The lowest BCUT2D eigenvalue weighted by atomic mass is 10.1. The summed E-state index contributed by atoms with van der Waals surface area (Å²) in [5, 5.41) is 16.5. The third kappa shape index (κ3) is 5.15. The molecule has 1 aliphatic heterocycles. The van der Waals surface area contributed by atoms with E-state index in [9.17, 15) is 23.1 Å². The zero-order valence-corrected chi connectivity index (χ0v) is 20.3. The molecule has 1 atom stereocenters. The van der Waals surface area contributed by atoms with E-state index in [1.807, 2.05) is 29.8 Å². The average molecular weight is 519 g/mol. The fourth-order valence-corrected chi connectivity index (χ4v) is 5.22. The van der Waals surface area contributed by atoms with Gasteiger partial charge in [-0.3, -0.25) is 4.79 Å². The smallest absolute Gasteiger partial charge is 0.391 e. The number of fused-ring (bicyclic) bond motifs is 2. The summed E-state index contributed by atoms with van der Waals surface area (Å²) in [4.78, 5) is 23.1. The molecule has 0 saturated carbocycles. The summed E-state index contributed by atoms with van der Waals surface area (Å²) >= 11 is 1.13. The molecule has 2 aromatic heterocycles. The van der Waals surface area contributed by atoms with Crippen LogP contribution in [0.5, 0.6) is 0 Å². The van der Waals surface area contributed by atoms with Gasteiger partial charge < -0.3 is 25.2 Å². The molecule has 3 N–H and O–H groups in total. The molecule has 36 heavy (non-hydrogen) atoms. The van der Waals surface area contributed by atoms with Crippen LogP contribution < -0.4 is 10.6 Å². The number of carbonyl (C=O) groups is 1. The first-order chi connectivity index (χ1) is 17.2. The van der Waals surface area contributed by atoms with E-state index in [2.05, 4.69) is 20.6 Å². The van der Waals surface area contributed by atoms with Crippen LogP contribution in [0.4, 0.5) is 24.3 Å². The number of halogens is 3. The summed E-state index contributed by atoms with van der Waals surface area (Å²) < 4.78 is 41.3. The van der Waals surface area contributed by atoms with Crippen molar-refractivity contribution in [2.75, 3.05) is 25.0 Å². The molecule has 8 nitrogen and oxygen atoms in total. The summed E-state index contributed by atoms with van der Waals surface area (Å²) in [6.07, 6.45) is -3.31. The maximum atomic E-state index is 13.0. The number of thiazole rings is 1. The Labute approximate surface area is 208 Å². The predicted molar refractivity (Wildman–Crippen MR) is 132 cm³/mol. The molecule has 0 aliphatic carbocycles. The first kappa shape index (κ1) is 24.5. The molecular formula is C24H25F3N6O2S. The van der Waals surface area contributed by atoms with Gasteiger partial charge in [0.25, 0.3) is 0 Å². The summed E-state index contributed by atoms with van der Waals surface area (Å²) in [5.74, 6) is 0.487. The molecule has 190 valence electrons. The highest BCUT2D eigenvalue weighted by molar-refractivity contribution is 7.22.